The predicted octanol–water partition coefficient (Wildman–Crippen LogP) is 2.42. The second kappa shape index (κ2) is 8.22. The van der Waals surface area contributed by atoms with Gasteiger partial charge >= 0.3 is 0 Å². The second-order valence-electron chi connectivity index (χ2n) is 5.00. The highest BCUT2D eigenvalue weighted by Gasteiger charge is 2.10. The van der Waals surface area contributed by atoms with Crippen LogP contribution in [-0.2, 0) is 12.8 Å². The summed E-state index contributed by atoms with van der Waals surface area (Å²) in [5.74, 6) is 0.00825. The van der Waals surface area contributed by atoms with E-state index in [1.165, 1.54) is 5.56 Å². The number of benzene rings is 2. The van der Waals surface area contributed by atoms with Gasteiger partial charge in [0.2, 0.25) is 0 Å². The van der Waals surface area contributed by atoms with Crippen LogP contribution in [0.3, 0.4) is 0 Å². The van der Waals surface area contributed by atoms with E-state index in [9.17, 15) is 4.79 Å². The molecule has 2 N–H and O–H groups in total. The van der Waals surface area contributed by atoms with Gasteiger partial charge in [0.25, 0.3) is 5.91 Å². The molecule has 0 radical (unpaired) electrons. The third-order valence-corrected chi connectivity index (χ3v) is 3.45. The SMILES string of the molecule is CNCCNC(=O)c1ccccc1CCc1ccccc1. The molecule has 3 heteroatoms. The lowest BCUT2D eigenvalue weighted by molar-refractivity contribution is 0.0953. The van der Waals surface area contributed by atoms with E-state index in [1.54, 1.807) is 0 Å². The van der Waals surface area contributed by atoms with Crippen molar-refractivity contribution < 1.29 is 4.79 Å². The van der Waals surface area contributed by atoms with E-state index >= 15 is 0 Å². The minimum Gasteiger partial charge on any atom is -0.351 e. The first-order valence-corrected chi connectivity index (χ1v) is 7.36. The number of nitrogens with one attached hydrogen (secondary N) is 2. The monoisotopic (exact) mass is 282 g/mol. The summed E-state index contributed by atoms with van der Waals surface area (Å²) in [6.07, 6.45) is 1.82. The normalized spacial score (nSPS) is 10.3. The van der Waals surface area contributed by atoms with E-state index in [-0.39, 0.29) is 5.91 Å². The fourth-order valence-corrected chi connectivity index (χ4v) is 2.28. The Balaban J connectivity index is 2.01. The van der Waals surface area contributed by atoms with Gasteiger partial charge in [0.15, 0.2) is 0 Å². The zero-order chi connectivity index (χ0) is 14.9. The van der Waals surface area contributed by atoms with Crippen LogP contribution in [0, 0.1) is 0 Å². The van der Waals surface area contributed by atoms with Crippen LogP contribution in [0.2, 0.25) is 0 Å². The van der Waals surface area contributed by atoms with E-state index in [2.05, 4.69) is 22.8 Å². The average Bonchev–Trinajstić information content (AvgIpc) is 2.54. The number of aryl methyl sites for hydroxylation is 2. The quantitative estimate of drug-likeness (QED) is 0.766. The minimum absolute atomic E-state index is 0.00825. The molecular formula is C18H22N2O. The summed E-state index contributed by atoms with van der Waals surface area (Å²) in [4.78, 5) is 12.2. The summed E-state index contributed by atoms with van der Waals surface area (Å²) >= 11 is 0. The Morgan fingerprint density at radius 2 is 1.62 bits per heavy atom. The van der Waals surface area contributed by atoms with Crippen LogP contribution in [0.1, 0.15) is 21.5 Å². The van der Waals surface area contributed by atoms with Crippen LogP contribution in [0.5, 0.6) is 0 Å². The molecular weight excluding hydrogens is 260 g/mol. The molecule has 0 aliphatic carbocycles. The zero-order valence-corrected chi connectivity index (χ0v) is 12.4. The summed E-state index contributed by atoms with van der Waals surface area (Å²) in [6.45, 7) is 1.42. The smallest absolute Gasteiger partial charge is 0.251 e. The highest BCUT2D eigenvalue weighted by molar-refractivity contribution is 5.95. The standard InChI is InChI=1S/C18H22N2O/c1-19-13-14-20-18(21)17-10-6-5-9-16(17)12-11-15-7-3-2-4-8-15/h2-10,19H,11-14H2,1H3,(H,20,21). The number of hydrogen-bond donors (Lipinski definition) is 2. The van der Waals surface area contributed by atoms with Crippen LogP contribution >= 0.6 is 0 Å². The first-order chi connectivity index (χ1) is 10.3. The fourth-order valence-electron chi connectivity index (χ4n) is 2.28. The highest BCUT2D eigenvalue weighted by atomic mass is 16.1. The van der Waals surface area contributed by atoms with Crippen molar-refractivity contribution in [1.29, 1.82) is 0 Å². The largest absolute Gasteiger partial charge is 0.351 e. The van der Waals surface area contributed by atoms with Gasteiger partial charge in [-0.05, 0) is 37.1 Å². The van der Waals surface area contributed by atoms with Gasteiger partial charge in [0.05, 0.1) is 0 Å². The molecule has 2 aromatic carbocycles. The predicted molar refractivity (Wildman–Crippen MR) is 86.6 cm³/mol. The maximum absolute atomic E-state index is 12.2. The molecule has 0 saturated carbocycles. The van der Waals surface area contributed by atoms with Crippen molar-refractivity contribution in [1.82, 2.24) is 10.6 Å². The molecule has 0 fully saturated rings. The van der Waals surface area contributed by atoms with Crippen molar-refractivity contribution in [3.8, 4) is 0 Å². The zero-order valence-electron chi connectivity index (χ0n) is 12.4. The van der Waals surface area contributed by atoms with Crippen molar-refractivity contribution in [3.05, 3.63) is 71.3 Å². The molecule has 0 aliphatic heterocycles. The van der Waals surface area contributed by atoms with Gasteiger partial charge in [-0.25, -0.2) is 0 Å². The Morgan fingerprint density at radius 1 is 0.905 bits per heavy atom. The van der Waals surface area contributed by atoms with Gasteiger partial charge in [-0.1, -0.05) is 48.5 Å². The molecule has 3 nitrogen and oxygen atoms in total. The van der Waals surface area contributed by atoms with Gasteiger partial charge in [-0.15, -0.1) is 0 Å². The van der Waals surface area contributed by atoms with Crippen LogP contribution < -0.4 is 10.6 Å². The number of carbonyl (C=O) groups is 1. The van der Waals surface area contributed by atoms with Crippen molar-refractivity contribution in [3.63, 3.8) is 0 Å². The van der Waals surface area contributed by atoms with Gasteiger partial charge in [-0.2, -0.15) is 0 Å². The third kappa shape index (κ3) is 4.72. The lowest BCUT2D eigenvalue weighted by Crippen LogP contribution is -2.31. The van der Waals surface area contributed by atoms with Crippen molar-refractivity contribution >= 4 is 5.91 Å². The van der Waals surface area contributed by atoms with E-state index < -0.39 is 0 Å². The Kier molecular flexibility index (Phi) is 5.98. The molecule has 0 atom stereocenters. The molecule has 0 heterocycles. The van der Waals surface area contributed by atoms with Crippen LogP contribution in [-0.4, -0.2) is 26.0 Å². The molecule has 1 amide bonds. The molecule has 2 aromatic rings. The third-order valence-electron chi connectivity index (χ3n) is 3.45. The number of likely N-dealkylation sites (N-methyl/N-ethyl adjacent to an activating group) is 1. The van der Waals surface area contributed by atoms with Crippen LogP contribution in [0.15, 0.2) is 54.6 Å². The van der Waals surface area contributed by atoms with Crippen molar-refractivity contribution in [2.45, 2.75) is 12.8 Å². The molecule has 110 valence electrons. The van der Waals surface area contributed by atoms with E-state index in [1.807, 2.05) is 49.5 Å². The summed E-state index contributed by atoms with van der Waals surface area (Å²) in [5, 5.41) is 5.96. The highest BCUT2D eigenvalue weighted by Crippen LogP contribution is 2.12. The van der Waals surface area contributed by atoms with Gasteiger partial charge in [0.1, 0.15) is 0 Å². The molecule has 2 rings (SSSR count). The van der Waals surface area contributed by atoms with Gasteiger partial charge < -0.3 is 10.6 Å². The number of rotatable bonds is 7. The Bertz CT molecular complexity index is 566. The maximum Gasteiger partial charge on any atom is 0.251 e. The number of hydrogen-bond acceptors (Lipinski definition) is 2. The summed E-state index contributed by atoms with van der Waals surface area (Å²) < 4.78 is 0. The topological polar surface area (TPSA) is 41.1 Å². The van der Waals surface area contributed by atoms with E-state index in [4.69, 9.17) is 0 Å². The molecule has 0 bridgehead atoms. The Hall–Kier alpha value is -2.13. The lowest BCUT2D eigenvalue weighted by Gasteiger charge is -2.10. The summed E-state index contributed by atoms with van der Waals surface area (Å²) in [5.41, 5.74) is 3.18. The minimum atomic E-state index is 0.00825. The van der Waals surface area contributed by atoms with Crippen molar-refractivity contribution in [2.75, 3.05) is 20.1 Å². The van der Waals surface area contributed by atoms with E-state index in [0.717, 1.165) is 30.5 Å². The molecule has 0 unspecified atom stereocenters. The Morgan fingerprint density at radius 3 is 2.38 bits per heavy atom. The first kappa shape index (κ1) is 15.3. The van der Waals surface area contributed by atoms with Crippen LogP contribution in [0.25, 0.3) is 0 Å². The van der Waals surface area contributed by atoms with Gasteiger partial charge in [-0.3, -0.25) is 4.79 Å². The van der Waals surface area contributed by atoms with Gasteiger partial charge in [0, 0.05) is 18.7 Å². The fraction of sp³-hybridized carbons (Fsp3) is 0.278. The maximum atomic E-state index is 12.2. The summed E-state index contributed by atoms with van der Waals surface area (Å²) in [7, 11) is 1.87. The average molecular weight is 282 g/mol. The molecule has 0 spiro atoms. The number of amides is 1. The number of carbonyl (C=O) groups excluding carboxylic acids is 1. The Labute approximate surface area is 126 Å². The lowest BCUT2D eigenvalue weighted by atomic mass is 9.99. The van der Waals surface area contributed by atoms with E-state index in [0.29, 0.717) is 6.54 Å². The van der Waals surface area contributed by atoms with Crippen molar-refractivity contribution in [2.24, 2.45) is 0 Å². The second-order valence-corrected chi connectivity index (χ2v) is 5.00. The molecule has 0 aromatic heterocycles. The molecule has 0 aliphatic rings. The van der Waals surface area contributed by atoms with Crippen LogP contribution in [0.4, 0.5) is 0 Å². The molecule has 21 heavy (non-hydrogen) atoms. The first-order valence-electron chi connectivity index (χ1n) is 7.36. The summed E-state index contributed by atoms with van der Waals surface area (Å²) in [6, 6.07) is 18.2. The molecule has 0 saturated heterocycles.